The van der Waals surface area contributed by atoms with Crippen LogP contribution < -0.4 is 25.0 Å². The second kappa shape index (κ2) is 12.0. The Kier molecular flexibility index (Phi) is 8.28. The van der Waals surface area contributed by atoms with Gasteiger partial charge < -0.3 is 29.9 Å². The van der Waals surface area contributed by atoms with E-state index in [2.05, 4.69) is 15.5 Å². The van der Waals surface area contributed by atoms with Gasteiger partial charge in [-0.1, -0.05) is 24.6 Å². The van der Waals surface area contributed by atoms with Crippen LogP contribution in [0.5, 0.6) is 11.5 Å². The monoisotopic (exact) mass is 560 g/mol. The van der Waals surface area contributed by atoms with Gasteiger partial charge in [0.2, 0.25) is 5.91 Å². The molecule has 40 heavy (non-hydrogen) atoms. The lowest BCUT2D eigenvalue weighted by Gasteiger charge is -2.24. The molecule has 2 N–H and O–H groups in total. The molecule has 5 rings (SSSR count). The predicted octanol–water partition coefficient (Wildman–Crippen LogP) is 5.74. The van der Waals surface area contributed by atoms with Crippen LogP contribution in [0, 0.1) is 0 Å². The van der Waals surface area contributed by atoms with Crippen LogP contribution >= 0.6 is 11.6 Å². The summed E-state index contributed by atoms with van der Waals surface area (Å²) in [7, 11) is 4.05. The summed E-state index contributed by atoms with van der Waals surface area (Å²) in [4.78, 5) is 29.9. The van der Waals surface area contributed by atoms with Crippen molar-refractivity contribution in [1.29, 1.82) is 0 Å². The Labute approximate surface area is 239 Å². The fourth-order valence-corrected chi connectivity index (χ4v) is 5.05. The minimum atomic E-state index is -0.230. The number of amides is 2. The van der Waals surface area contributed by atoms with E-state index in [1.54, 1.807) is 12.1 Å². The Morgan fingerprint density at radius 3 is 2.45 bits per heavy atom. The number of hydrogen-bond acceptors (Lipinski definition) is 6. The molecule has 9 heteroatoms. The van der Waals surface area contributed by atoms with Crippen molar-refractivity contribution in [3.63, 3.8) is 0 Å². The van der Waals surface area contributed by atoms with Crippen LogP contribution in [0.15, 0.2) is 60.7 Å². The maximum absolute atomic E-state index is 13.3. The predicted molar refractivity (Wildman–Crippen MR) is 160 cm³/mol. The zero-order valence-corrected chi connectivity index (χ0v) is 23.7. The van der Waals surface area contributed by atoms with Crippen LogP contribution in [-0.4, -0.2) is 57.1 Å². The molecule has 0 unspecified atom stereocenters. The van der Waals surface area contributed by atoms with Crippen LogP contribution in [0.25, 0.3) is 11.3 Å². The molecule has 0 bridgehead atoms. The van der Waals surface area contributed by atoms with E-state index in [1.165, 1.54) is 0 Å². The van der Waals surface area contributed by atoms with E-state index in [9.17, 15) is 9.59 Å². The molecule has 3 aromatic rings. The van der Waals surface area contributed by atoms with Crippen molar-refractivity contribution in [2.45, 2.75) is 19.8 Å². The smallest absolute Gasteiger partial charge is 0.258 e. The number of fused-ring (bicyclic) bond motifs is 2. The van der Waals surface area contributed by atoms with Crippen molar-refractivity contribution in [2.24, 2.45) is 0 Å². The van der Waals surface area contributed by atoms with Crippen molar-refractivity contribution < 1.29 is 19.1 Å². The van der Waals surface area contributed by atoms with E-state index in [4.69, 9.17) is 21.1 Å². The zero-order chi connectivity index (χ0) is 28.2. The highest BCUT2D eigenvalue weighted by molar-refractivity contribution is 6.38. The number of benzene rings is 3. The molecule has 0 fully saturated rings. The molecule has 0 atom stereocenters. The van der Waals surface area contributed by atoms with Crippen LogP contribution in [-0.2, 0) is 9.59 Å². The van der Waals surface area contributed by atoms with Crippen molar-refractivity contribution in [2.75, 3.05) is 55.9 Å². The van der Waals surface area contributed by atoms with E-state index in [-0.39, 0.29) is 11.8 Å². The number of anilines is 3. The van der Waals surface area contributed by atoms with Gasteiger partial charge in [0.1, 0.15) is 13.2 Å². The molecule has 2 aliphatic rings. The first-order valence-corrected chi connectivity index (χ1v) is 13.8. The molecule has 0 radical (unpaired) electrons. The second-order valence-corrected chi connectivity index (χ2v) is 10.4. The number of ether oxygens (including phenoxy) is 2. The summed E-state index contributed by atoms with van der Waals surface area (Å²) < 4.78 is 11.5. The summed E-state index contributed by atoms with van der Waals surface area (Å²) in [6.45, 7) is 4.37. The highest BCUT2D eigenvalue weighted by atomic mass is 35.5. The van der Waals surface area contributed by atoms with E-state index in [1.807, 2.05) is 74.4 Å². The second-order valence-electron chi connectivity index (χ2n) is 9.98. The van der Waals surface area contributed by atoms with Gasteiger partial charge >= 0.3 is 0 Å². The molecule has 2 heterocycles. The van der Waals surface area contributed by atoms with Crippen LogP contribution in [0.4, 0.5) is 17.1 Å². The molecule has 2 aliphatic heterocycles. The summed E-state index contributed by atoms with van der Waals surface area (Å²) in [6.07, 6.45) is 1.30. The van der Waals surface area contributed by atoms with Crippen molar-refractivity contribution in [1.82, 2.24) is 4.90 Å². The van der Waals surface area contributed by atoms with E-state index in [0.29, 0.717) is 59.7 Å². The Morgan fingerprint density at radius 1 is 0.975 bits per heavy atom. The number of hydrogen-bond donors (Lipinski definition) is 2. The van der Waals surface area contributed by atoms with E-state index >= 15 is 0 Å². The molecular weight excluding hydrogens is 528 g/mol. The number of rotatable bonds is 9. The lowest BCUT2D eigenvalue weighted by Crippen LogP contribution is -2.32. The fraction of sp³-hybridized carbons (Fsp3) is 0.290. The molecule has 0 saturated carbocycles. The normalized spacial score (nSPS) is 15.0. The number of carbonyl (C=O) groups is 2. The minimum absolute atomic E-state index is 0.0800. The summed E-state index contributed by atoms with van der Waals surface area (Å²) in [5.41, 5.74) is 4.91. The summed E-state index contributed by atoms with van der Waals surface area (Å²) in [5.74, 6) is 1.14. The summed E-state index contributed by atoms with van der Waals surface area (Å²) in [6, 6.07) is 18.7. The molecule has 208 valence electrons. The number of nitrogens with zero attached hydrogens (tertiary/aromatic N) is 2. The first kappa shape index (κ1) is 27.6. The molecule has 2 amide bonds. The average Bonchev–Trinajstić information content (AvgIpc) is 3.28. The van der Waals surface area contributed by atoms with Gasteiger partial charge in [-0.2, -0.15) is 0 Å². The van der Waals surface area contributed by atoms with Gasteiger partial charge in [0.15, 0.2) is 11.5 Å². The standard InChI is InChI=1S/C31H33ClN4O4/c1-4-28(37)36(15-5-14-35(2)3)23-10-8-22(9-11-23)33-30(20-6-13-26-27(18-20)40-17-16-39-26)29-24-12-7-21(32)19-25(24)34-31(29)38/h6-13,18-19,33H,4-5,14-17H2,1-3H3,(H,34,38). The highest BCUT2D eigenvalue weighted by Gasteiger charge is 2.29. The molecule has 0 aromatic heterocycles. The lowest BCUT2D eigenvalue weighted by atomic mass is 9.99. The topological polar surface area (TPSA) is 83.1 Å². The van der Waals surface area contributed by atoms with Gasteiger partial charge in [0, 0.05) is 40.5 Å². The summed E-state index contributed by atoms with van der Waals surface area (Å²) >= 11 is 6.20. The van der Waals surface area contributed by atoms with Crippen molar-refractivity contribution >= 4 is 51.7 Å². The Bertz CT molecular complexity index is 1450. The van der Waals surface area contributed by atoms with Gasteiger partial charge in [-0.05, 0) is 81.7 Å². The van der Waals surface area contributed by atoms with Crippen LogP contribution in [0.2, 0.25) is 5.02 Å². The van der Waals surface area contributed by atoms with Gasteiger partial charge in [-0.15, -0.1) is 0 Å². The van der Waals surface area contributed by atoms with Crippen LogP contribution in [0.1, 0.15) is 30.9 Å². The third-order valence-electron chi connectivity index (χ3n) is 6.85. The lowest BCUT2D eigenvalue weighted by molar-refractivity contribution is -0.118. The molecule has 0 saturated heterocycles. The zero-order valence-electron chi connectivity index (χ0n) is 22.9. The molecule has 0 spiro atoms. The highest BCUT2D eigenvalue weighted by Crippen LogP contribution is 2.41. The maximum Gasteiger partial charge on any atom is 0.258 e. The first-order valence-electron chi connectivity index (χ1n) is 13.4. The largest absolute Gasteiger partial charge is 0.486 e. The Balaban J connectivity index is 1.51. The minimum Gasteiger partial charge on any atom is -0.486 e. The fourth-order valence-electron chi connectivity index (χ4n) is 4.87. The summed E-state index contributed by atoms with van der Waals surface area (Å²) in [5, 5.41) is 6.95. The quantitative estimate of drug-likeness (QED) is 0.325. The van der Waals surface area contributed by atoms with Crippen LogP contribution in [0.3, 0.4) is 0 Å². The number of halogens is 1. The average molecular weight is 561 g/mol. The molecular formula is C31H33ClN4O4. The van der Waals surface area contributed by atoms with Gasteiger partial charge in [-0.3, -0.25) is 9.59 Å². The Hall–Kier alpha value is -4.01. The molecule has 8 nitrogen and oxygen atoms in total. The van der Waals surface area contributed by atoms with Crippen molar-refractivity contribution in [3.8, 4) is 11.5 Å². The van der Waals surface area contributed by atoms with E-state index < -0.39 is 0 Å². The number of carbonyl (C=O) groups excluding carboxylic acids is 2. The van der Waals surface area contributed by atoms with Gasteiger partial charge in [0.25, 0.3) is 5.91 Å². The SMILES string of the molecule is CCC(=O)N(CCCN(C)C)c1ccc(NC(=C2C(=O)Nc3cc(Cl)ccc32)c2ccc3c(c2)OCCO3)cc1. The Morgan fingerprint density at radius 2 is 1.73 bits per heavy atom. The first-order chi connectivity index (χ1) is 19.3. The number of nitrogens with one attached hydrogen (secondary N) is 2. The molecule has 0 aliphatic carbocycles. The van der Waals surface area contributed by atoms with Gasteiger partial charge in [-0.25, -0.2) is 0 Å². The van der Waals surface area contributed by atoms with Crippen molar-refractivity contribution in [3.05, 3.63) is 76.8 Å². The third kappa shape index (κ3) is 5.93. The molecule has 3 aromatic carbocycles. The van der Waals surface area contributed by atoms with E-state index in [0.717, 1.165) is 35.5 Å². The van der Waals surface area contributed by atoms with Gasteiger partial charge in [0.05, 0.1) is 17.0 Å². The third-order valence-corrected chi connectivity index (χ3v) is 7.08. The maximum atomic E-state index is 13.3.